The summed E-state index contributed by atoms with van der Waals surface area (Å²) in [5, 5.41) is 10.1. The summed E-state index contributed by atoms with van der Waals surface area (Å²) in [4.78, 5) is 0. The van der Waals surface area contributed by atoms with Gasteiger partial charge < -0.3 is 5.26 Å². The average Bonchev–Trinajstić information content (AvgIpc) is 1.87. The van der Waals surface area contributed by atoms with Crippen molar-refractivity contribution in [3.8, 4) is 0 Å². The molecule has 0 unspecified atom stereocenters. The van der Waals surface area contributed by atoms with Gasteiger partial charge in [-0.2, -0.15) is 0 Å². The lowest BCUT2D eigenvalue weighted by atomic mass is 10.2. The van der Waals surface area contributed by atoms with Gasteiger partial charge in [-0.1, -0.05) is 6.42 Å². The predicted molar refractivity (Wildman–Crippen MR) is 41.3 cm³/mol. The van der Waals surface area contributed by atoms with Crippen LogP contribution in [0.2, 0.25) is 0 Å². The van der Waals surface area contributed by atoms with Crippen molar-refractivity contribution in [2.24, 2.45) is 0 Å². The Balaban J connectivity index is 2.16. The van der Waals surface area contributed by atoms with Gasteiger partial charge in [0.25, 0.3) is 0 Å². The highest BCUT2D eigenvalue weighted by Gasteiger charge is 2.17. The van der Waals surface area contributed by atoms with Gasteiger partial charge in [-0.05, 0) is 25.7 Å². The first-order valence-electron chi connectivity index (χ1n) is 3.91. The van der Waals surface area contributed by atoms with Crippen molar-refractivity contribution in [1.29, 1.82) is 0 Å². The van der Waals surface area contributed by atoms with Gasteiger partial charge in [0.2, 0.25) is 0 Å². The molecular formula is C7H14O2S. The van der Waals surface area contributed by atoms with Gasteiger partial charge in [0.15, 0.2) is 0 Å². The summed E-state index contributed by atoms with van der Waals surface area (Å²) in [6.07, 6.45) is 6.28. The Morgan fingerprint density at radius 3 is 1.90 bits per heavy atom. The highest BCUT2D eigenvalue weighted by molar-refractivity contribution is 7.92. The van der Waals surface area contributed by atoms with E-state index in [-0.39, 0.29) is 11.2 Å². The maximum absolute atomic E-state index is 10.1. The number of rotatable bonds is 1. The second-order valence-corrected chi connectivity index (χ2v) is 4.52. The molecule has 1 aliphatic heterocycles. The Morgan fingerprint density at radius 1 is 0.900 bits per heavy atom. The molecule has 0 bridgehead atoms. The standard InChI is InChI=1S/C7H14O2S/c8-9-10-6-4-2-1-3-5-7-10/h1-7H2. The van der Waals surface area contributed by atoms with Crippen molar-refractivity contribution < 1.29 is 9.59 Å². The third-order valence-corrected chi connectivity index (χ3v) is 3.52. The van der Waals surface area contributed by atoms with Crippen LogP contribution in [0.25, 0.3) is 0 Å². The third-order valence-electron chi connectivity index (χ3n) is 1.84. The lowest BCUT2D eigenvalue weighted by Crippen LogP contribution is -2.23. The monoisotopic (exact) mass is 162 g/mol. The highest BCUT2D eigenvalue weighted by Crippen LogP contribution is 2.13. The Bertz CT molecular complexity index is 79.7. The highest BCUT2D eigenvalue weighted by atomic mass is 32.2. The van der Waals surface area contributed by atoms with Gasteiger partial charge in [-0.15, -0.1) is 0 Å². The Hall–Kier alpha value is 0.270. The maximum atomic E-state index is 10.1. The lowest BCUT2D eigenvalue weighted by Gasteiger charge is -2.11. The molecule has 0 saturated carbocycles. The molecule has 1 fully saturated rings. The zero-order valence-electron chi connectivity index (χ0n) is 6.17. The molecule has 0 aromatic heterocycles. The van der Waals surface area contributed by atoms with Gasteiger partial charge in [-0.3, -0.25) is 0 Å². The molecule has 0 atom stereocenters. The summed E-state index contributed by atoms with van der Waals surface area (Å²) in [5.74, 6) is 2.01. The molecular weight excluding hydrogens is 148 g/mol. The summed E-state index contributed by atoms with van der Waals surface area (Å²) in [5.41, 5.74) is 0. The first-order valence-corrected chi connectivity index (χ1v) is 5.40. The zero-order valence-corrected chi connectivity index (χ0v) is 6.99. The molecule has 0 aromatic carbocycles. The smallest absolute Gasteiger partial charge is 0.140 e. The molecule has 1 heterocycles. The van der Waals surface area contributed by atoms with Crippen LogP contribution in [0.4, 0.5) is 0 Å². The SMILES string of the molecule is [O-]O[S+]1CCCCCCC1. The molecule has 60 valence electrons. The molecule has 1 rings (SSSR count). The summed E-state index contributed by atoms with van der Waals surface area (Å²) >= 11 is -0.236. The van der Waals surface area contributed by atoms with Crippen LogP contribution in [0.15, 0.2) is 0 Å². The molecule has 3 heteroatoms. The quantitative estimate of drug-likeness (QED) is 0.324. The van der Waals surface area contributed by atoms with E-state index in [4.69, 9.17) is 0 Å². The van der Waals surface area contributed by atoms with Gasteiger partial charge in [0, 0.05) is 0 Å². The summed E-state index contributed by atoms with van der Waals surface area (Å²) < 4.78 is 4.10. The Labute approximate surface area is 65.1 Å². The minimum Gasteiger partial charge on any atom is -0.672 e. The zero-order chi connectivity index (χ0) is 7.23. The molecule has 0 aliphatic carbocycles. The molecule has 0 N–H and O–H groups in total. The fourth-order valence-corrected chi connectivity index (χ4v) is 2.62. The number of hydrogen-bond acceptors (Lipinski definition) is 2. The van der Waals surface area contributed by atoms with E-state index in [0.717, 1.165) is 11.5 Å². The van der Waals surface area contributed by atoms with Crippen molar-refractivity contribution in [2.45, 2.75) is 32.1 Å². The van der Waals surface area contributed by atoms with Crippen molar-refractivity contribution in [3.63, 3.8) is 0 Å². The first-order chi connectivity index (χ1) is 4.93. The van der Waals surface area contributed by atoms with Crippen molar-refractivity contribution >= 4 is 11.2 Å². The Morgan fingerprint density at radius 2 is 1.40 bits per heavy atom. The normalized spacial score (nSPS) is 23.7. The van der Waals surface area contributed by atoms with E-state index in [1.807, 2.05) is 0 Å². The summed E-state index contributed by atoms with van der Waals surface area (Å²) in [6, 6.07) is 0. The molecule has 0 aromatic rings. The van der Waals surface area contributed by atoms with Crippen molar-refractivity contribution in [2.75, 3.05) is 11.5 Å². The van der Waals surface area contributed by atoms with E-state index < -0.39 is 0 Å². The van der Waals surface area contributed by atoms with Crippen LogP contribution in [-0.4, -0.2) is 11.5 Å². The van der Waals surface area contributed by atoms with Gasteiger partial charge in [0.1, 0.15) is 22.7 Å². The third kappa shape index (κ3) is 2.90. The minimum absolute atomic E-state index is 0.236. The summed E-state index contributed by atoms with van der Waals surface area (Å²) in [7, 11) is 0. The second kappa shape index (κ2) is 4.99. The molecule has 0 spiro atoms. The van der Waals surface area contributed by atoms with Crippen LogP contribution in [0.3, 0.4) is 0 Å². The first kappa shape index (κ1) is 8.37. The topological polar surface area (TPSA) is 32.3 Å². The fourth-order valence-electron chi connectivity index (χ4n) is 1.23. The van der Waals surface area contributed by atoms with Gasteiger partial charge in [0.05, 0.1) is 0 Å². The predicted octanol–water partition coefficient (Wildman–Crippen LogP) is 0.776. The van der Waals surface area contributed by atoms with E-state index >= 15 is 0 Å². The van der Waals surface area contributed by atoms with Gasteiger partial charge in [-0.25, -0.2) is 4.33 Å². The average molecular weight is 162 g/mol. The van der Waals surface area contributed by atoms with E-state index in [0.29, 0.717) is 0 Å². The van der Waals surface area contributed by atoms with E-state index in [1.165, 1.54) is 32.1 Å². The van der Waals surface area contributed by atoms with Crippen LogP contribution in [0, 0.1) is 0 Å². The largest absolute Gasteiger partial charge is 0.672 e. The van der Waals surface area contributed by atoms with Crippen LogP contribution < -0.4 is 5.26 Å². The van der Waals surface area contributed by atoms with Crippen LogP contribution in [0.1, 0.15) is 32.1 Å². The van der Waals surface area contributed by atoms with Gasteiger partial charge >= 0.3 is 0 Å². The molecule has 10 heavy (non-hydrogen) atoms. The molecule has 1 aliphatic rings. The van der Waals surface area contributed by atoms with Crippen LogP contribution in [0.5, 0.6) is 0 Å². The Kier molecular flexibility index (Phi) is 4.18. The van der Waals surface area contributed by atoms with Crippen molar-refractivity contribution in [1.82, 2.24) is 0 Å². The maximum Gasteiger partial charge on any atom is 0.140 e. The van der Waals surface area contributed by atoms with E-state index in [9.17, 15) is 5.26 Å². The van der Waals surface area contributed by atoms with E-state index in [1.54, 1.807) is 0 Å². The molecule has 2 nitrogen and oxygen atoms in total. The molecule has 1 saturated heterocycles. The molecule has 0 radical (unpaired) electrons. The second-order valence-electron chi connectivity index (χ2n) is 2.68. The fraction of sp³-hybridized carbons (Fsp3) is 1.00. The summed E-state index contributed by atoms with van der Waals surface area (Å²) in [6.45, 7) is 0. The van der Waals surface area contributed by atoms with Crippen molar-refractivity contribution in [3.05, 3.63) is 0 Å². The van der Waals surface area contributed by atoms with Crippen LogP contribution >= 0.6 is 0 Å². The molecule has 0 amide bonds. The van der Waals surface area contributed by atoms with Crippen LogP contribution in [-0.2, 0) is 15.5 Å². The lowest BCUT2D eigenvalue weighted by molar-refractivity contribution is -0.632. The number of hydrogen-bond donors (Lipinski definition) is 0. The van der Waals surface area contributed by atoms with E-state index in [2.05, 4.69) is 4.33 Å². The minimum atomic E-state index is -0.236.